The molecule has 4 saturated heterocycles. The van der Waals surface area contributed by atoms with Gasteiger partial charge >= 0.3 is 29.3 Å². The van der Waals surface area contributed by atoms with Crippen LogP contribution < -0.4 is 25.1 Å². The number of phenolic OH excluding ortho intramolecular Hbond substituents is 5. The van der Waals surface area contributed by atoms with E-state index in [1.54, 1.807) is 0 Å². The SMILES string of the molecule is CC(=O)O[C@@H]1[C@@H](O)[C@H](Oc2cc3c(O)cc(=O)cc-3oc2-c2ccc(O)c(O)c2)O[C@H](COC(=O)CC(=O)O[C@H]2[C@H](Oc3cc(O)c4c(=[OH+])c(O[C@@H]5O[C@@H](CO)[C@H](O)[C@H](O)[C@H]5O[C@@H]5O[C@H](CO)[C@H](O)[C@H](O)[C@H]5O)c(-c5ccc(O)cc5)oc4c3)O[C@H](C(=O)O)[C@@H](O)[C@@H]2O)[C@H]1O. The number of benzene rings is 4. The molecule has 0 amide bonds. The van der Waals surface area contributed by atoms with Crippen molar-refractivity contribution in [2.24, 2.45) is 0 Å². The monoisotopic (exact) mass is 1350 g/mol. The van der Waals surface area contributed by atoms with E-state index in [1.165, 1.54) is 18.2 Å². The summed E-state index contributed by atoms with van der Waals surface area (Å²) in [6.07, 6.45) is -42.4. The molecule has 0 spiro atoms. The van der Waals surface area contributed by atoms with E-state index in [1.807, 2.05) is 0 Å². The maximum atomic E-state index is 13.6. The van der Waals surface area contributed by atoms with Crippen LogP contribution in [0.2, 0.25) is 0 Å². The largest absolute Gasteiger partial charge is 0.508 e. The van der Waals surface area contributed by atoms with Crippen LogP contribution in [0.5, 0.6) is 46.0 Å². The first-order chi connectivity index (χ1) is 45.0. The fraction of sp³-hybridized carbons (Fsp3) is 0.424. The third kappa shape index (κ3) is 14.2. The van der Waals surface area contributed by atoms with E-state index in [4.69, 9.17) is 60.9 Å². The van der Waals surface area contributed by atoms with Crippen LogP contribution in [-0.4, -0.2) is 258 Å². The molecule has 10 rings (SSSR count). The van der Waals surface area contributed by atoms with Crippen molar-refractivity contribution in [1.29, 1.82) is 0 Å². The van der Waals surface area contributed by atoms with Crippen molar-refractivity contribution in [3.05, 3.63) is 88.4 Å². The minimum absolute atomic E-state index is 0.0232. The van der Waals surface area contributed by atoms with Crippen LogP contribution in [0, 0.1) is 0 Å². The number of aliphatic carboxylic acids is 1. The highest BCUT2D eigenvalue weighted by molar-refractivity contribution is 5.91. The summed E-state index contributed by atoms with van der Waals surface area (Å²) in [5.41, 5.74) is -2.49. The summed E-state index contributed by atoms with van der Waals surface area (Å²) in [5, 5.41) is 181. The number of aliphatic hydroxyl groups is 11. The van der Waals surface area contributed by atoms with Crippen molar-refractivity contribution in [3.63, 3.8) is 0 Å². The zero-order chi connectivity index (χ0) is 68.8. The van der Waals surface area contributed by atoms with E-state index < -0.39 is 241 Å². The van der Waals surface area contributed by atoms with E-state index in [2.05, 4.69) is 0 Å². The van der Waals surface area contributed by atoms with Crippen LogP contribution in [0.25, 0.3) is 44.9 Å². The summed E-state index contributed by atoms with van der Waals surface area (Å²) >= 11 is 0. The van der Waals surface area contributed by atoms with Gasteiger partial charge in [-0.15, -0.1) is 0 Å². The lowest BCUT2D eigenvalue weighted by atomic mass is 9.97. The summed E-state index contributed by atoms with van der Waals surface area (Å²) in [6.45, 7) is -2.02. The Hall–Kier alpha value is -9.06. The minimum Gasteiger partial charge on any atom is -0.508 e. The average Bonchev–Trinajstić information content (AvgIpc) is 0.764. The van der Waals surface area contributed by atoms with Gasteiger partial charge in [0.25, 0.3) is 5.75 Å². The fourth-order valence-corrected chi connectivity index (χ4v) is 10.7. The third-order valence-electron chi connectivity index (χ3n) is 15.5. The van der Waals surface area contributed by atoms with Crippen molar-refractivity contribution in [2.75, 3.05) is 19.8 Å². The Labute approximate surface area is 529 Å². The van der Waals surface area contributed by atoms with E-state index in [-0.39, 0.29) is 34.0 Å². The van der Waals surface area contributed by atoms with Gasteiger partial charge in [0.05, 0.1) is 18.8 Å². The van der Waals surface area contributed by atoms with Gasteiger partial charge < -0.3 is 148 Å². The summed E-state index contributed by atoms with van der Waals surface area (Å²) in [7, 11) is 0. The molecule has 3 aromatic carbocycles. The molecule has 4 fully saturated rings. The lowest BCUT2D eigenvalue weighted by Crippen LogP contribution is -2.65. The number of carboxylic acids is 1. The van der Waals surface area contributed by atoms with Crippen molar-refractivity contribution in [2.45, 2.75) is 136 Å². The second-order valence-corrected chi connectivity index (χ2v) is 22.0. The number of esters is 3. The highest BCUT2D eigenvalue weighted by Crippen LogP contribution is 2.45. The molecule has 4 aromatic rings. The van der Waals surface area contributed by atoms with Crippen LogP contribution in [0.15, 0.2) is 86.4 Å². The first-order valence-electron chi connectivity index (χ1n) is 28.4. The molecule has 6 heterocycles. The van der Waals surface area contributed by atoms with Gasteiger partial charge in [-0.1, -0.05) is 0 Å². The van der Waals surface area contributed by atoms with Gasteiger partial charge in [0.1, 0.15) is 109 Å². The first kappa shape index (κ1) is 68.8. The second-order valence-electron chi connectivity index (χ2n) is 22.0. The van der Waals surface area contributed by atoms with E-state index in [9.17, 15) is 116 Å². The van der Waals surface area contributed by atoms with E-state index in [0.717, 1.165) is 61.5 Å². The second kappa shape index (κ2) is 28.1. The minimum atomic E-state index is -2.42. The molecule has 36 nitrogen and oxygen atoms in total. The Balaban J connectivity index is 0.889. The lowest BCUT2D eigenvalue weighted by Gasteiger charge is -2.45. The summed E-state index contributed by atoms with van der Waals surface area (Å²) < 4.78 is 73.7. The quantitative estimate of drug-likeness (QED) is 0.0120. The van der Waals surface area contributed by atoms with E-state index >= 15 is 0 Å². The molecule has 0 unspecified atom stereocenters. The Morgan fingerprint density at radius 3 is 1.84 bits per heavy atom. The molecule has 1 aromatic heterocycles. The van der Waals surface area contributed by atoms with Crippen molar-refractivity contribution in [1.82, 2.24) is 0 Å². The van der Waals surface area contributed by atoms with E-state index in [0.29, 0.717) is 0 Å². The molecule has 5 aliphatic heterocycles. The molecule has 18 N–H and O–H groups in total. The molecule has 0 saturated carbocycles. The third-order valence-corrected chi connectivity index (χ3v) is 15.5. The Morgan fingerprint density at radius 1 is 0.537 bits per heavy atom. The van der Waals surface area contributed by atoms with Crippen LogP contribution in [0.3, 0.4) is 0 Å². The van der Waals surface area contributed by atoms with Crippen LogP contribution in [0.1, 0.15) is 13.3 Å². The van der Waals surface area contributed by atoms with Gasteiger partial charge in [-0.25, -0.2) is 4.79 Å². The summed E-state index contributed by atoms with van der Waals surface area (Å²) in [5.74, 6) is -12.0. The van der Waals surface area contributed by atoms with Gasteiger partial charge in [0.15, 0.2) is 82.0 Å². The maximum absolute atomic E-state index is 13.6. The summed E-state index contributed by atoms with van der Waals surface area (Å²) in [6, 6.07) is 12.6. The molecular weight excluding hydrogens is 1280 g/mol. The molecule has 1 aliphatic carbocycles. The van der Waals surface area contributed by atoms with Crippen LogP contribution >= 0.6 is 0 Å². The van der Waals surface area contributed by atoms with Crippen molar-refractivity contribution >= 4 is 34.8 Å². The number of hydrogen-bond donors (Lipinski definition) is 17. The molecule has 6 aliphatic rings. The lowest BCUT2D eigenvalue weighted by molar-refractivity contribution is -0.358. The Morgan fingerprint density at radius 2 is 1.18 bits per heavy atom. The Kier molecular flexibility index (Phi) is 20.3. The normalized spacial score (nSPS) is 30.9. The number of fused-ring (bicyclic) bond motifs is 2. The van der Waals surface area contributed by atoms with Gasteiger partial charge in [0, 0.05) is 42.3 Å². The number of carboxylic acid groups (broad SMARTS) is 1. The molecule has 20 atom stereocenters. The topological polar surface area (TPSA) is 578 Å². The van der Waals surface area contributed by atoms with Gasteiger partial charge in [-0.3, -0.25) is 24.0 Å². The maximum Gasteiger partial charge on any atom is 0.400 e. The van der Waals surface area contributed by atoms with Crippen molar-refractivity contribution < 1.29 is 172 Å². The molecule has 512 valence electrons. The van der Waals surface area contributed by atoms with Gasteiger partial charge in [-0.05, 0) is 48.5 Å². The molecule has 0 bridgehead atoms. The zero-order valence-electron chi connectivity index (χ0n) is 48.7. The number of carbonyl (C=O) groups excluding carboxylic acids is 3. The standard InChI is InChI=1S/C59H60O36/c1-18(62)84-50-40(73)34(91-57(47(50)80)88-31-13-24-26(66)9-22(64)10-29(24)86-48(31)20-4-7-25(65)27(67)8-20)17-83-35(69)14-36(70)92-53-45(78)44(77)52(55(81)82)94-58(53)85-23-11-28(68)37-30(12-23)87-49(19-2-5-21(63)6-3-19)51(41(37)74)93-59-54(43(76)39(72)33(16-61)90-59)95-56-46(79)42(75)38(71)32(15-60)89-56/h2-13,32-34,38-40,42-47,50,52-54,56-61,63,65-68,71-73,75-80H,14-17H2,1H3,(H,81,82)/p+1/t32-,33+,34-,38+,39+,40-,42+,43+,44+,45+,46-,47-,50+,52+,53-,54-,56+,57-,58-,59+/m1/s1. The number of phenols is 5. The van der Waals surface area contributed by atoms with Crippen LogP contribution in [-0.2, 0) is 57.1 Å². The highest BCUT2D eigenvalue weighted by Gasteiger charge is 2.54. The zero-order valence-corrected chi connectivity index (χ0v) is 48.7. The number of hydrogen-bond acceptors (Lipinski definition) is 34. The number of carbonyl (C=O) groups is 4. The average molecular weight is 1350 g/mol. The van der Waals surface area contributed by atoms with Crippen LogP contribution in [0.4, 0.5) is 0 Å². The number of rotatable bonds is 19. The Bertz CT molecular complexity index is 3890. The number of ether oxygens (including phenoxy) is 11. The fourth-order valence-electron chi connectivity index (χ4n) is 10.7. The molecule has 95 heavy (non-hydrogen) atoms. The summed E-state index contributed by atoms with van der Waals surface area (Å²) in [4.78, 5) is 75.8. The van der Waals surface area contributed by atoms with Gasteiger partial charge in [0.2, 0.25) is 18.9 Å². The smallest absolute Gasteiger partial charge is 0.400 e. The van der Waals surface area contributed by atoms with Crippen molar-refractivity contribution in [3.8, 4) is 80.0 Å². The number of aliphatic hydroxyl groups excluding tert-OH is 11. The first-order valence-corrected chi connectivity index (χ1v) is 28.4. The predicted molar refractivity (Wildman–Crippen MR) is 300 cm³/mol. The molecular formula is C59H61O36+. The molecule has 36 heteroatoms. The molecule has 0 radical (unpaired) electrons. The van der Waals surface area contributed by atoms with Gasteiger partial charge in [-0.2, -0.15) is 0 Å². The predicted octanol–water partition coefficient (Wildman–Crippen LogP) is -4.43. The number of aromatic hydroxyl groups is 5. The highest BCUT2D eigenvalue weighted by atomic mass is 16.8.